The number of carbonyl (C=O) groups is 1. The molecule has 19 heavy (non-hydrogen) atoms. The van der Waals surface area contributed by atoms with Gasteiger partial charge in [0.15, 0.2) is 0 Å². The number of aryl methyl sites for hydroxylation is 1. The minimum Gasteiger partial charge on any atom is -0.488 e. The summed E-state index contributed by atoms with van der Waals surface area (Å²) < 4.78 is 11.2. The Kier molecular flexibility index (Phi) is 2.97. The van der Waals surface area contributed by atoms with Gasteiger partial charge in [-0.25, -0.2) is 0 Å². The van der Waals surface area contributed by atoms with Gasteiger partial charge in [-0.1, -0.05) is 17.7 Å². The van der Waals surface area contributed by atoms with Gasteiger partial charge in [0.2, 0.25) is 0 Å². The van der Waals surface area contributed by atoms with Gasteiger partial charge in [0.1, 0.15) is 11.9 Å². The van der Waals surface area contributed by atoms with Crippen molar-refractivity contribution in [2.75, 3.05) is 13.2 Å². The van der Waals surface area contributed by atoms with Crippen LogP contribution in [0.2, 0.25) is 0 Å². The van der Waals surface area contributed by atoms with E-state index in [9.17, 15) is 9.90 Å². The molecular formula is C15H18O4. The first-order valence-corrected chi connectivity index (χ1v) is 6.71. The highest BCUT2D eigenvalue weighted by molar-refractivity contribution is 5.86. The molecule has 1 aromatic carbocycles. The zero-order chi connectivity index (χ0) is 13.5. The number of ether oxygens (including phenoxy) is 2. The molecule has 1 aromatic rings. The number of aliphatic carboxylic acids is 1. The molecule has 1 saturated carbocycles. The Morgan fingerprint density at radius 1 is 1.47 bits per heavy atom. The molecule has 1 aliphatic heterocycles. The zero-order valence-electron chi connectivity index (χ0n) is 11.0. The van der Waals surface area contributed by atoms with Crippen LogP contribution in [0, 0.1) is 6.92 Å². The lowest BCUT2D eigenvalue weighted by atomic mass is 9.93. The van der Waals surface area contributed by atoms with Gasteiger partial charge in [0, 0.05) is 12.0 Å². The van der Waals surface area contributed by atoms with Crippen molar-refractivity contribution in [3.8, 4) is 5.75 Å². The monoisotopic (exact) mass is 262 g/mol. The number of hydrogen-bond donors (Lipinski definition) is 1. The molecule has 3 rings (SSSR count). The summed E-state index contributed by atoms with van der Waals surface area (Å²) in [7, 11) is 0. The summed E-state index contributed by atoms with van der Waals surface area (Å²) in [5, 5.41) is 9.45. The van der Waals surface area contributed by atoms with Gasteiger partial charge in [0.05, 0.1) is 18.6 Å². The second-order valence-electron chi connectivity index (χ2n) is 5.49. The van der Waals surface area contributed by atoms with E-state index in [4.69, 9.17) is 9.47 Å². The first kappa shape index (κ1) is 12.5. The van der Waals surface area contributed by atoms with Crippen LogP contribution in [0.3, 0.4) is 0 Å². The molecule has 1 aliphatic carbocycles. The van der Waals surface area contributed by atoms with Gasteiger partial charge in [0.25, 0.3) is 0 Å². The summed E-state index contributed by atoms with van der Waals surface area (Å²) >= 11 is 0. The minimum atomic E-state index is -0.745. The van der Waals surface area contributed by atoms with E-state index >= 15 is 0 Å². The molecule has 2 fully saturated rings. The van der Waals surface area contributed by atoms with Crippen molar-refractivity contribution in [3.63, 3.8) is 0 Å². The third-order valence-electron chi connectivity index (χ3n) is 3.99. The summed E-state index contributed by atoms with van der Waals surface area (Å²) in [4.78, 5) is 11.5. The zero-order valence-corrected chi connectivity index (χ0v) is 11.0. The SMILES string of the molecule is Cc1ccc(O[C@@H]2CCOC2)c(C2(C(=O)O)CC2)c1. The maximum atomic E-state index is 11.5. The van der Waals surface area contributed by atoms with Crippen molar-refractivity contribution in [3.05, 3.63) is 29.3 Å². The summed E-state index contributed by atoms with van der Waals surface area (Å²) in [5.74, 6) is -0.0355. The van der Waals surface area contributed by atoms with Crippen LogP contribution >= 0.6 is 0 Å². The van der Waals surface area contributed by atoms with E-state index in [1.807, 2.05) is 25.1 Å². The molecule has 1 N–H and O–H groups in total. The van der Waals surface area contributed by atoms with E-state index < -0.39 is 11.4 Å². The van der Waals surface area contributed by atoms with Crippen LogP contribution in [-0.4, -0.2) is 30.4 Å². The molecule has 0 bridgehead atoms. The highest BCUT2D eigenvalue weighted by Crippen LogP contribution is 2.52. The molecule has 0 radical (unpaired) electrons. The molecule has 0 amide bonds. The molecule has 0 spiro atoms. The minimum absolute atomic E-state index is 0.0473. The molecule has 102 valence electrons. The predicted octanol–water partition coefficient (Wildman–Crippen LogP) is 2.28. The molecule has 0 aromatic heterocycles. The molecule has 1 saturated heterocycles. The fourth-order valence-electron chi connectivity index (χ4n) is 2.63. The van der Waals surface area contributed by atoms with Crippen molar-refractivity contribution in [1.82, 2.24) is 0 Å². The number of benzene rings is 1. The lowest BCUT2D eigenvalue weighted by Gasteiger charge is -2.19. The Bertz CT molecular complexity index is 499. The van der Waals surface area contributed by atoms with Crippen LogP contribution in [0.15, 0.2) is 18.2 Å². The maximum absolute atomic E-state index is 11.5. The van der Waals surface area contributed by atoms with Crippen LogP contribution in [0.25, 0.3) is 0 Å². The van der Waals surface area contributed by atoms with Crippen LogP contribution in [-0.2, 0) is 14.9 Å². The highest BCUT2D eigenvalue weighted by atomic mass is 16.5. The average Bonchev–Trinajstić information content (AvgIpc) is 3.04. The lowest BCUT2D eigenvalue weighted by Crippen LogP contribution is -2.23. The van der Waals surface area contributed by atoms with Crippen molar-refractivity contribution < 1.29 is 19.4 Å². The molecule has 4 heteroatoms. The summed E-state index contributed by atoms with van der Waals surface area (Å²) in [6.07, 6.45) is 2.31. The summed E-state index contributed by atoms with van der Waals surface area (Å²) in [5.41, 5.74) is 1.17. The van der Waals surface area contributed by atoms with Crippen molar-refractivity contribution in [2.24, 2.45) is 0 Å². The molecule has 1 heterocycles. The first-order valence-electron chi connectivity index (χ1n) is 6.71. The van der Waals surface area contributed by atoms with Crippen LogP contribution in [0.5, 0.6) is 5.75 Å². The molecule has 1 atom stereocenters. The van der Waals surface area contributed by atoms with Gasteiger partial charge < -0.3 is 14.6 Å². The molecular weight excluding hydrogens is 244 g/mol. The number of carboxylic acid groups (broad SMARTS) is 1. The molecule has 2 aliphatic rings. The van der Waals surface area contributed by atoms with Crippen LogP contribution in [0.4, 0.5) is 0 Å². The topological polar surface area (TPSA) is 55.8 Å². The largest absolute Gasteiger partial charge is 0.488 e. The Hall–Kier alpha value is -1.55. The standard InChI is InChI=1S/C15H18O4/c1-10-2-3-13(19-11-4-7-18-9-11)12(8-10)15(5-6-15)14(16)17/h2-3,8,11H,4-7,9H2,1H3,(H,16,17)/t11-/m1/s1. The van der Waals surface area contributed by atoms with Gasteiger partial charge in [-0.15, -0.1) is 0 Å². The second-order valence-corrected chi connectivity index (χ2v) is 5.49. The summed E-state index contributed by atoms with van der Waals surface area (Å²) in [6, 6.07) is 5.81. The first-order chi connectivity index (χ1) is 9.12. The predicted molar refractivity (Wildman–Crippen MR) is 69.6 cm³/mol. The van der Waals surface area contributed by atoms with Crippen molar-refractivity contribution in [2.45, 2.75) is 37.7 Å². The van der Waals surface area contributed by atoms with E-state index in [0.717, 1.165) is 24.2 Å². The summed E-state index contributed by atoms with van der Waals surface area (Å²) in [6.45, 7) is 3.28. The van der Waals surface area contributed by atoms with Crippen LogP contribution in [0.1, 0.15) is 30.4 Å². The van der Waals surface area contributed by atoms with E-state index in [-0.39, 0.29) is 6.10 Å². The number of rotatable bonds is 4. The van der Waals surface area contributed by atoms with Gasteiger partial charge in [-0.05, 0) is 25.8 Å². The Morgan fingerprint density at radius 2 is 2.26 bits per heavy atom. The van der Waals surface area contributed by atoms with E-state index in [1.165, 1.54) is 0 Å². The quantitative estimate of drug-likeness (QED) is 0.904. The van der Waals surface area contributed by atoms with E-state index in [1.54, 1.807) is 0 Å². The Balaban J connectivity index is 1.93. The van der Waals surface area contributed by atoms with Gasteiger partial charge in [-0.2, -0.15) is 0 Å². The van der Waals surface area contributed by atoms with E-state index in [2.05, 4.69) is 0 Å². The fraction of sp³-hybridized carbons (Fsp3) is 0.533. The molecule has 4 nitrogen and oxygen atoms in total. The fourth-order valence-corrected chi connectivity index (χ4v) is 2.63. The van der Waals surface area contributed by atoms with Crippen molar-refractivity contribution >= 4 is 5.97 Å². The van der Waals surface area contributed by atoms with Gasteiger partial charge in [-0.3, -0.25) is 4.79 Å². The number of hydrogen-bond acceptors (Lipinski definition) is 3. The normalized spacial score (nSPS) is 24.2. The average molecular weight is 262 g/mol. The van der Waals surface area contributed by atoms with Crippen LogP contribution < -0.4 is 4.74 Å². The highest BCUT2D eigenvalue weighted by Gasteiger charge is 2.53. The lowest BCUT2D eigenvalue weighted by molar-refractivity contribution is -0.140. The Morgan fingerprint density at radius 3 is 2.84 bits per heavy atom. The third-order valence-corrected chi connectivity index (χ3v) is 3.99. The second kappa shape index (κ2) is 4.53. The maximum Gasteiger partial charge on any atom is 0.314 e. The Labute approximate surface area is 112 Å². The van der Waals surface area contributed by atoms with Crippen molar-refractivity contribution in [1.29, 1.82) is 0 Å². The van der Waals surface area contributed by atoms with E-state index in [0.29, 0.717) is 25.2 Å². The van der Waals surface area contributed by atoms with Gasteiger partial charge >= 0.3 is 5.97 Å². The third kappa shape index (κ3) is 2.21. The smallest absolute Gasteiger partial charge is 0.314 e. The number of carboxylic acids is 1. The molecule has 0 unspecified atom stereocenters.